The number of benzene rings is 1. The summed E-state index contributed by atoms with van der Waals surface area (Å²) in [6, 6.07) is 7.29. The number of ether oxygens (including phenoxy) is 1. The van der Waals surface area contributed by atoms with Gasteiger partial charge in [0.05, 0.1) is 19.2 Å². The molecule has 5 nitrogen and oxygen atoms in total. The zero-order valence-corrected chi connectivity index (χ0v) is 14.4. The maximum Gasteiger partial charge on any atom is 0.337 e. The Bertz CT molecular complexity index is 442. The minimum atomic E-state index is -0.329. The van der Waals surface area contributed by atoms with Crippen LogP contribution in [0.25, 0.3) is 0 Å². The third kappa shape index (κ3) is 6.23. The van der Waals surface area contributed by atoms with Crippen LogP contribution >= 0.6 is 24.0 Å². The summed E-state index contributed by atoms with van der Waals surface area (Å²) in [6.07, 6.45) is 0. The topological polar surface area (TPSA) is 62.7 Å². The lowest BCUT2D eigenvalue weighted by atomic mass is 10.1. The van der Waals surface area contributed by atoms with Gasteiger partial charge >= 0.3 is 5.97 Å². The Morgan fingerprint density at radius 3 is 2.45 bits per heavy atom. The van der Waals surface area contributed by atoms with Crippen LogP contribution in [0.4, 0.5) is 0 Å². The third-order valence-electron chi connectivity index (χ3n) is 2.46. The SMILES string of the molecule is CCNC(=NCc1cccc(C(=O)OC)c1)NCC.I. The van der Waals surface area contributed by atoms with Crippen molar-refractivity contribution in [3.8, 4) is 0 Å². The van der Waals surface area contributed by atoms with Gasteiger partial charge in [-0.05, 0) is 31.5 Å². The van der Waals surface area contributed by atoms with Crippen LogP contribution in [0, 0.1) is 0 Å². The molecule has 0 atom stereocenters. The van der Waals surface area contributed by atoms with Gasteiger partial charge in [0.1, 0.15) is 0 Å². The van der Waals surface area contributed by atoms with E-state index in [9.17, 15) is 4.79 Å². The average Bonchev–Trinajstić information content (AvgIpc) is 2.44. The zero-order valence-electron chi connectivity index (χ0n) is 12.1. The molecule has 0 heterocycles. The molecule has 1 aromatic carbocycles. The Balaban J connectivity index is 0.00000361. The second-order valence-electron chi connectivity index (χ2n) is 3.92. The van der Waals surface area contributed by atoms with E-state index >= 15 is 0 Å². The van der Waals surface area contributed by atoms with Crippen molar-refractivity contribution in [3.63, 3.8) is 0 Å². The van der Waals surface area contributed by atoms with E-state index in [0.717, 1.165) is 24.6 Å². The zero-order chi connectivity index (χ0) is 14.1. The van der Waals surface area contributed by atoms with Crippen molar-refractivity contribution >= 4 is 35.9 Å². The molecule has 0 radical (unpaired) electrons. The first-order chi connectivity index (χ1) is 9.21. The summed E-state index contributed by atoms with van der Waals surface area (Å²) in [5.41, 5.74) is 1.51. The fraction of sp³-hybridized carbons (Fsp3) is 0.429. The Kier molecular flexibility index (Phi) is 9.79. The summed E-state index contributed by atoms with van der Waals surface area (Å²) in [5, 5.41) is 6.30. The van der Waals surface area contributed by atoms with Gasteiger partial charge in [0.15, 0.2) is 5.96 Å². The number of esters is 1. The van der Waals surface area contributed by atoms with E-state index in [-0.39, 0.29) is 29.9 Å². The van der Waals surface area contributed by atoms with E-state index in [1.54, 1.807) is 12.1 Å². The number of aliphatic imine (C=N–C) groups is 1. The molecule has 2 N–H and O–H groups in total. The highest BCUT2D eigenvalue weighted by Gasteiger charge is 2.05. The summed E-state index contributed by atoms with van der Waals surface area (Å²) < 4.78 is 4.69. The summed E-state index contributed by atoms with van der Waals surface area (Å²) in [7, 11) is 1.38. The molecule has 0 amide bonds. The predicted octanol–water partition coefficient (Wildman–Crippen LogP) is 2.17. The van der Waals surface area contributed by atoms with Gasteiger partial charge in [-0.2, -0.15) is 0 Å². The van der Waals surface area contributed by atoms with Gasteiger partial charge in [-0.3, -0.25) is 0 Å². The number of guanidine groups is 1. The van der Waals surface area contributed by atoms with Crippen molar-refractivity contribution in [1.29, 1.82) is 0 Å². The number of hydrogen-bond donors (Lipinski definition) is 2. The number of carbonyl (C=O) groups excluding carboxylic acids is 1. The van der Waals surface area contributed by atoms with Gasteiger partial charge in [-0.1, -0.05) is 12.1 Å². The molecular formula is C14H22IN3O2. The normalized spacial score (nSPS) is 9.15. The van der Waals surface area contributed by atoms with Crippen LogP contribution in [0.3, 0.4) is 0 Å². The fourth-order valence-electron chi connectivity index (χ4n) is 1.59. The molecule has 112 valence electrons. The number of carbonyl (C=O) groups is 1. The summed E-state index contributed by atoms with van der Waals surface area (Å²) in [5.74, 6) is 0.442. The Morgan fingerprint density at radius 2 is 1.90 bits per heavy atom. The number of methoxy groups -OCH3 is 1. The molecule has 1 rings (SSSR count). The standard InChI is InChI=1S/C14H21N3O2.HI/c1-4-15-14(16-5-2)17-10-11-7-6-8-12(9-11)13(18)19-3;/h6-9H,4-5,10H2,1-3H3,(H2,15,16,17);1H. The van der Waals surface area contributed by atoms with E-state index < -0.39 is 0 Å². The van der Waals surface area contributed by atoms with Crippen LogP contribution in [0.5, 0.6) is 0 Å². The Hall–Kier alpha value is -1.31. The minimum absolute atomic E-state index is 0. The third-order valence-corrected chi connectivity index (χ3v) is 2.46. The largest absolute Gasteiger partial charge is 0.465 e. The molecule has 0 fully saturated rings. The fourth-order valence-corrected chi connectivity index (χ4v) is 1.59. The average molecular weight is 391 g/mol. The first-order valence-corrected chi connectivity index (χ1v) is 6.40. The van der Waals surface area contributed by atoms with Crippen molar-refractivity contribution in [2.24, 2.45) is 4.99 Å². The molecule has 0 aromatic heterocycles. The number of rotatable bonds is 5. The van der Waals surface area contributed by atoms with Crippen LogP contribution < -0.4 is 10.6 Å². The molecule has 6 heteroatoms. The molecule has 0 aliphatic carbocycles. The molecular weight excluding hydrogens is 369 g/mol. The quantitative estimate of drug-likeness (QED) is 0.350. The van der Waals surface area contributed by atoms with Crippen molar-refractivity contribution < 1.29 is 9.53 Å². The highest BCUT2D eigenvalue weighted by molar-refractivity contribution is 14.0. The van der Waals surface area contributed by atoms with Gasteiger partial charge in [0.2, 0.25) is 0 Å². The lowest BCUT2D eigenvalue weighted by molar-refractivity contribution is 0.0600. The minimum Gasteiger partial charge on any atom is -0.465 e. The smallest absolute Gasteiger partial charge is 0.337 e. The van der Waals surface area contributed by atoms with Crippen LogP contribution in [0.2, 0.25) is 0 Å². The van der Waals surface area contributed by atoms with Gasteiger partial charge in [0, 0.05) is 13.1 Å². The molecule has 0 saturated heterocycles. The lowest BCUT2D eigenvalue weighted by Crippen LogP contribution is -2.36. The maximum absolute atomic E-state index is 11.4. The van der Waals surface area contributed by atoms with Crippen molar-refractivity contribution in [2.45, 2.75) is 20.4 Å². The number of hydrogen-bond acceptors (Lipinski definition) is 3. The number of nitrogens with one attached hydrogen (secondary N) is 2. The van der Waals surface area contributed by atoms with Crippen molar-refractivity contribution in [3.05, 3.63) is 35.4 Å². The van der Waals surface area contributed by atoms with Gasteiger partial charge in [0.25, 0.3) is 0 Å². The predicted molar refractivity (Wildman–Crippen MR) is 91.7 cm³/mol. The van der Waals surface area contributed by atoms with E-state index in [1.165, 1.54) is 7.11 Å². The van der Waals surface area contributed by atoms with Crippen molar-refractivity contribution in [2.75, 3.05) is 20.2 Å². The lowest BCUT2D eigenvalue weighted by Gasteiger charge is -2.09. The first kappa shape index (κ1) is 18.7. The van der Waals surface area contributed by atoms with Gasteiger partial charge < -0.3 is 15.4 Å². The van der Waals surface area contributed by atoms with Gasteiger partial charge in [-0.25, -0.2) is 9.79 Å². The van der Waals surface area contributed by atoms with Crippen molar-refractivity contribution in [1.82, 2.24) is 10.6 Å². The summed E-state index contributed by atoms with van der Waals surface area (Å²) in [6.45, 7) is 6.18. The van der Waals surface area contributed by atoms with Gasteiger partial charge in [-0.15, -0.1) is 24.0 Å². The maximum atomic E-state index is 11.4. The molecule has 1 aromatic rings. The second kappa shape index (κ2) is 10.5. The molecule has 0 unspecified atom stereocenters. The van der Waals surface area contributed by atoms with E-state index in [2.05, 4.69) is 15.6 Å². The second-order valence-corrected chi connectivity index (χ2v) is 3.92. The number of nitrogens with zero attached hydrogens (tertiary/aromatic N) is 1. The molecule has 0 spiro atoms. The van der Waals surface area contributed by atoms with Crippen LogP contribution in [-0.2, 0) is 11.3 Å². The first-order valence-electron chi connectivity index (χ1n) is 6.40. The van der Waals surface area contributed by atoms with Crippen LogP contribution in [0.1, 0.15) is 29.8 Å². The van der Waals surface area contributed by atoms with E-state index in [0.29, 0.717) is 12.1 Å². The highest BCUT2D eigenvalue weighted by Crippen LogP contribution is 2.07. The molecule has 20 heavy (non-hydrogen) atoms. The van der Waals surface area contributed by atoms with Crippen LogP contribution in [0.15, 0.2) is 29.3 Å². The highest BCUT2D eigenvalue weighted by atomic mass is 127. The summed E-state index contributed by atoms with van der Waals surface area (Å²) >= 11 is 0. The Labute approximate surface area is 137 Å². The molecule has 0 aliphatic heterocycles. The molecule has 0 aliphatic rings. The summed E-state index contributed by atoms with van der Waals surface area (Å²) in [4.78, 5) is 15.9. The van der Waals surface area contributed by atoms with E-state index in [4.69, 9.17) is 4.74 Å². The molecule has 0 bridgehead atoms. The van der Waals surface area contributed by atoms with Crippen LogP contribution in [-0.4, -0.2) is 32.1 Å². The Morgan fingerprint density at radius 1 is 1.25 bits per heavy atom. The molecule has 0 saturated carbocycles. The number of halogens is 1. The van der Waals surface area contributed by atoms with E-state index in [1.807, 2.05) is 26.0 Å². The monoisotopic (exact) mass is 391 g/mol.